The van der Waals surface area contributed by atoms with Crippen LogP contribution in [0.2, 0.25) is 0 Å². The molecule has 3 aliphatic rings. The standard InChI is InChI=1S/C20H25NO3/c1-19(2)14-8-9-20(19,3)17(11-14)21-18(22)7-5-13-4-6-15-16(10-13)24-12-23-15/h4-7,10,14,17H,8-9,11-12H2,1-3H3,(H,21,22)/b7-5+. The van der Waals surface area contributed by atoms with E-state index in [1.54, 1.807) is 6.08 Å². The minimum atomic E-state index is -0.0118. The highest BCUT2D eigenvalue weighted by molar-refractivity contribution is 5.92. The van der Waals surface area contributed by atoms with Gasteiger partial charge in [-0.1, -0.05) is 26.8 Å². The van der Waals surface area contributed by atoms with Crippen LogP contribution in [-0.4, -0.2) is 18.7 Å². The summed E-state index contributed by atoms with van der Waals surface area (Å²) in [5.41, 5.74) is 1.46. The van der Waals surface area contributed by atoms with E-state index < -0.39 is 0 Å². The van der Waals surface area contributed by atoms with E-state index in [9.17, 15) is 4.79 Å². The van der Waals surface area contributed by atoms with E-state index in [1.165, 1.54) is 12.8 Å². The summed E-state index contributed by atoms with van der Waals surface area (Å²) in [5, 5.41) is 3.25. The second kappa shape index (κ2) is 5.27. The molecule has 4 nitrogen and oxygen atoms in total. The summed E-state index contributed by atoms with van der Waals surface area (Å²) in [4.78, 5) is 12.4. The van der Waals surface area contributed by atoms with Crippen molar-refractivity contribution in [3.05, 3.63) is 29.8 Å². The lowest BCUT2D eigenvalue weighted by Gasteiger charge is -2.39. The van der Waals surface area contributed by atoms with Gasteiger partial charge < -0.3 is 14.8 Å². The summed E-state index contributed by atoms with van der Waals surface area (Å²) in [6, 6.07) is 5.98. The molecule has 3 unspecified atom stereocenters. The summed E-state index contributed by atoms with van der Waals surface area (Å²) in [6.45, 7) is 7.32. The van der Waals surface area contributed by atoms with Gasteiger partial charge in [0.2, 0.25) is 12.7 Å². The average Bonchev–Trinajstić information content (AvgIpc) is 3.15. The molecule has 0 spiro atoms. The zero-order valence-corrected chi connectivity index (χ0v) is 14.6. The number of rotatable bonds is 3. The summed E-state index contributed by atoms with van der Waals surface area (Å²) in [7, 11) is 0. The highest BCUT2D eigenvalue weighted by Crippen LogP contribution is 2.65. The molecule has 2 aliphatic carbocycles. The topological polar surface area (TPSA) is 47.6 Å². The maximum absolute atomic E-state index is 12.4. The Hall–Kier alpha value is -1.97. The van der Waals surface area contributed by atoms with E-state index in [0.29, 0.717) is 5.41 Å². The molecule has 1 heterocycles. The van der Waals surface area contributed by atoms with Gasteiger partial charge in [-0.25, -0.2) is 0 Å². The first-order valence-electron chi connectivity index (χ1n) is 8.78. The summed E-state index contributed by atoms with van der Waals surface area (Å²) >= 11 is 0. The average molecular weight is 327 g/mol. The Labute approximate surface area is 143 Å². The number of hydrogen-bond donors (Lipinski definition) is 1. The van der Waals surface area contributed by atoms with Gasteiger partial charge in [-0.05, 0) is 59.8 Å². The fourth-order valence-electron chi connectivity index (χ4n) is 4.83. The number of fused-ring (bicyclic) bond motifs is 3. The Bertz CT molecular complexity index is 709. The van der Waals surface area contributed by atoms with Crippen molar-refractivity contribution in [3.63, 3.8) is 0 Å². The third kappa shape index (κ3) is 2.23. The molecule has 0 radical (unpaired) electrons. The first-order chi connectivity index (χ1) is 11.4. The minimum absolute atomic E-state index is 0.0118. The lowest BCUT2D eigenvalue weighted by molar-refractivity contribution is -0.118. The van der Waals surface area contributed by atoms with Gasteiger partial charge in [0.1, 0.15) is 0 Å². The molecule has 1 amide bonds. The van der Waals surface area contributed by atoms with Crippen LogP contribution in [0, 0.1) is 16.7 Å². The predicted molar refractivity (Wildman–Crippen MR) is 92.8 cm³/mol. The van der Waals surface area contributed by atoms with Crippen molar-refractivity contribution in [3.8, 4) is 11.5 Å². The fourth-order valence-corrected chi connectivity index (χ4v) is 4.83. The normalized spacial score (nSPS) is 32.5. The van der Waals surface area contributed by atoms with Crippen molar-refractivity contribution in [1.29, 1.82) is 0 Å². The van der Waals surface area contributed by atoms with Gasteiger partial charge >= 0.3 is 0 Å². The van der Waals surface area contributed by atoms with Crippen LogP contribution in [0.5, 0.6) is 11.5 Å². The highest BCUT2D eigenvalue weighted by Gasteiger charge is 2.61. The molecule has 1 aromatic rings. The Morgan fingerprint density at radius 1 is 1.25 bits per heavy atom. The molecule has 128 valence electrons. The van der Waals surface area contributed by atoms with Crippen LogP contribution in [0.4, 0.5) is 0 Å². The largest absolute Gasteiger partial charge is 0.454 e. The van der Waals surface area contributed by atoms with Crippen molar-refractivity contribution in [2.24, 2.45) is 16.7 Å². The Morgan fingerprint density at radius 3 is 2.75 bits per heavy atom. The SMILES string of the molecule is CC1(C)C2CCC1(C)C(NC(=O)/C=C/c1ccc3c(c1)OCO3)C2. The molecular weight excluding hydrogens is 302 g/mol. The number of nitrogens with one attached hydrogen (secondary N) is 1. The molecule has 2 saturated carbocycles. The van der Waals surface area contributed by atoms with Gasteiger partial charge in [0, 0.05) is 12.1 Å². The van der Waals surface area contributed by atoms with Gasteiger partial charge in [0.25, 0.3) is 0 Å². The number of carbonyl (C=O) groups excluding carboxylic acids is 1. The van der Waals surface area contributed by atoms with E-state index in [2.05, 4.69) is 26.1 Å². The molecule has 24 heavy (non-hydrogen) atoms. The van der Waals surface area contributed by atoms with Gasteiger partial charge in [-0.2, -0.15) is 0 Å². The summed E-state index contributed by atoms with van der Waals surface area (Å²) < 4.78 is 10.7. The van der Waals surface area contributed by atoms with E-state index in [0.717, 1.165) is 29.4 Å². The summed E-state index contributed by atoms with van der Waals surface area (Å²) in [6.07, 6.45) is 7.06. The third-order valence-electron chi connectivity index (χ3n) is 6.93. The molecule has 0 saturated heterocycles. The molecular formula is C20H25NO3. The maximum atomic E-state index is 12.4. The number of hydrogen-bond acceptors (Lipinski definition) is 3. The molecule has 1 aromatic carbocycles. The monoisotopic (exact) mass is 327 g/mol. The lowest BCUT2D eigenvalue weighted by Crippen LogP contribution is -2.46. The molecule has 4 heteroatoms. The molecule has 3 atom stereocenters. The van der Waals surface area contributed by atoms with Crippen molar-refractivity contribution >= 4 is 12.0 Å². The van der Waals surface area contributed by atoms with Gasteiger partial charge in [0.15, 0.2) is 11.5 Å². The smallest absolute Gasteiger partial charge is 0.244 e. The maximum Gasteiger partial charge on any atom is 0.244 e. The fraction of sp³-hybridized carbons (Fsp3) is 0.550. The third-order valence-corrected chi connectivity index (χ3v) is 6.93. The van der Waals surface area contributed by atoms with E-state index in [-0.39, 0.29) is 24.2 Å². The number of amides is 1. The van der Waals surface area contributed by atoms with Crippen molar-refractivity contribution < 1.29 is 14.3 Å². The summed E-state index contributed by atoms with van der Waals surface area (Å²) in [5.74, 6) is 2.21. The Balaban J connectivity index is 1.43. The Morgan fingerprint density at radius 2 is 2.04 bits per heavy atom. The van der Waals surface area contributed by atoms with Crippen LogP contribution in [0.25, 0.3) is 6.08 Å². The van der Waals surface area contributed by atoms with Crippen LogP contribution in [-0.2, 0) is 4.79 Å². The van der Waals surface area contributed by atoms with Crippen LogP contribution >= 0.6 is 0 Å². The number of carbonyl (C=O) groups is 1. The molecule has 1 aliphatic heterocycles. The van der Waals surface area contributed by atoms with E-state index in [1.807, 2.05) is 24.3 Å². The zero-order chi connectivity index (χ0) is 16.9. The second-order valence-electron chi connectivity index (χ2n) is 8.12. The van der Waals surface area contributed by atoms with Gasteiger partial charge in [0.05, 0.1) is 0 Å². The molecule has 2 fully saturated rings. The molecule has 0 aromatic heterocycles. The zero-order valence-electron chi connectivity index (χ0n) is 14.6. The van der Waals surface area contributed by atoms with Crippen molar-refractivity contribution in [2.45, 2.75) is 46.1 Å². The number of benzene rings is 1. The quantitative estimate of drug-likeness (QED) is 0.860. The van der Waals surface area contributed by atoms with Crippen LogP contribution in [0.3, 0.4) is 0 Å². The second-order valence-corrected chi connectivity index (χ2v) is 8.12. The van der Waals surface area contributed by atoms with Crippen LogP contribution in [0.1, 0.15) is 45.6 Å². The van der Waals surface area contributed by atoms with Gasteiger partial charge in [-0.3, -0.25) is 4.79 Å². The van der Waals surface area contributed by atoms with E-state index in [4.69, 9.17) is 9.47 Å². The molecule has 2 bridgehead atoms. The number of ether oxygens (including phenoxy) is 2. The lowest BCUT2D eigenvalue weighted by atomic mass is 9.69. The predicted octanol–water partition coefficient (Wildman–Crippen LogP) is 3.76. The highest BCUT2D eigenvalue weighted by atomic mass is 16.7. The molecule has 4 rings (SSSR count). The van der Waals surface area contributed by atoms with Crippen LogP contribution in [0.15, 0.2) is 24.3 Å². The molecule has 1 N–H and O–H groups in total. The first kappa shape index (κ1) is 15.6. The first-order valence-corrected chi connectivity index (χ1v) is 8.78. The Kier molecular flexibility index (Phi) is 3.41. The minimum Gasteiger partial charge on any atom is -0.454 e. The van der Waals surface area contributed by atoms with E-state index >= 15 is 0 Å². The van der Waals surface area contributed by atoms with Crippen molar-refractivity contribution in [1.82, 2.24) is 5.32 Å². The van der Waals surface area contributed by atoms with Crippen molar-refractivity contribution in [2.75, 3.05) is 6.79 Å². The van der Waals surface area contributed by atoms with Gasteiger partial charge in [-0.15, -0.1) is 0 Å². The van der Waals surface area contributed by atoms with Crippen LogP contribution < -0.4 is 14.8 Å².